The van der Waals surface area contributed by atoms with Crippen LogP contribution in [0.3, 0.4) is 0 Å². The molecule has 4 nitrogen and oxygen atoms in total. The maximum atomic E-state index is 10.4. The van der Waals surface area contributed by atoms with Crippen molar-refractivity contribution in [3.05, 3.63) is 0 Å². The van der Waals surface area contributed by atoms with E-state index in [1.54, 1.807) is 6.92 Å². The molecule has 4 heteroatoms. The lowest BCUT2D eigenvalue weighted by atomic mass is 10.4. The lowest BCUT2D eigenvalue weighted by Crippen LogP contribution is -2.33. The predicted molar refractivity (Wildman–Crippen MR) is 30.3 cm³/mol. The van der Waals surface area contributed by atoms with Crippen molar-refractivity contribution in [1.82, 2.24) is 0 Å². The Morgan fingerprint density at radius 3 is 2.78 bits per heavy atom. The Hall–Kier alpha value is -0.900. The molecule has 9 heavy (non-hydrogen) atoms. The fraction of sp³-hybridized carbons (Fsp3) is 0.600. The molecular weight excluding hydrogens is 122 g/mol. The van der Waals surface area contributed by atoms with E-state index in [1.165, 1.54) is 6.29 Å². The van der Waals surface area contributed by atoms with E-state index < -0.39 is 12.0 Å². The molecule has 0 aromatic heterocycles. The van der Waals surface area contributed by atoms with Gasteiger partial charge in [-0.1, -0.05) is 0 Å². The van der Waals surface area contributed by atoms with E-state index in [4.69, 9.17) is 5.73 Å². The van der Waals surface area contributed by atoms with Gasteiger partial charge in [-0.3, -0.25) is 4.79 Å². The molecular formula is C5H8NO3. The lowest BCUT2D eigenvalue weighted by Gasteiger charge is -2.00. The summed E-state index contributed by atoms with van der Waals surface area (Å²) in [5.41, 5.74) is 4.90. The third-order valence-corrected chi connectivity index (χ3v) is 0.667. The molecule has 0 aliphatic heterocycles. The molecule has 0 spiro atoms. The summed E-state index contributed by atoms with van der Waals surface area (Å²) < 4.78 is 4.37. The Kier molecular flexibility index (Phi) is 3.62. The molecule has 0 saturated heterocycles. The van der Waals surface area contributed by atoms with Gasteiger partial charge < -0.3 is 10.5 Å². The van der Waals surface area contributed by atoms with E-state index >= 15 is 0 Å². The Balaban J connectivity index is 3.58. The molecule has 0 rings (SSSR count). The first kappa shape index (κ1) is 8.10. The third kappa shape index (κ3) is 2.81. The maximum Gasteiger partial charge on any atom is 0.331 e. The van der Waals surface area contributed by atoms with Gasteiger partial charge >= 0.3 is 5.97 Å². The van der Waals surface area contributed by atoms with E-state index in [0.717, 1.165) is 0 Å². The zero-order chi connectivity index (χ0) is 7.28. The smallest absolute Gasteiger partial charge is 0.331 e. The average molecular weight is 130 g/mol. The van der Waals surface area contributed by atoms with Gasteiger partial charge in [-0.15, -0.1) is 0 Å². The van der Waals surface area contributed by atoms with Crippen LogP contribution >= 0.6 is 0 Å². The fourth-order valence-electron chi connectivity index (χ4n) is 0.280. The van der Waals surface area contributed by atoms with E-state index in [1.807, 2.05) is 0 Å². The summed E-state index contributed by atoms with van der Waals surface area (Å²) in [6.45, 7) is 1.86. The fourth-order valence-corrected chi connectivity index (χ4v) is 0.280. The zero-order valence-electron chi connectivity index (χ0n) is 5.09. The molecule has 0 aromatic rings. The van der Waals surface area contributed by atoms with Crippen LogP contribution in [0.4, 0.5) is 0 Å². The predicted octanol–water partition coefficient (Wildman–Crippen LogP) is -1.01. The van der Waals surface area contributed by atoms with E-state index in [9.17, 15) is 9.59 Å². The molecule has 0 amide bonds. The molecule has 1 unspecified atom stereocenters. The maximum absolute atomic E-state index is 10.4. The number of hydrogen-bond acceptors (Lipinski definition) is 4. The Labute approximate surface area is 53.0 Å². The standard InChI is InChI=1S/C5H8NO3/c1-2-9-5(8)4(6)3-7/h4H,2,6H2,1H3. The van der Waals surface area contributed by atoms with Crippen molar-refractivity contribution in [3.63, 3.8) is 0 Å². The highest BCUT2D eigenvalue weighted by Gasteiger charge is 2.12. The average Bonchev–Trinajstić information content (AvgIpc) is 1.87. The van der Waals surface area contributed by atoms with Gasteiger partial charge in [0, 0.05) is 0 Å². The van der Waals surface area contributed by atoms with Crippen molar-refractivity contribution >= 4 is 12.3 Å². The summed E-state index contributed by atoms with van der Waals surface area (Å²) in [4.78, 5) is 20.0. The van der Waals surface area contributed by atoms with Crippen LogP contribution in [0.1, 0.15) is 6.92 Å². The highest BCUT2D eigenvalue weighted by Crippen LogP contribution is 1.79. The Morgan fingerprint density at radius 1 is 1.89 bits per heavy atom. The van der Waals surface area contributed by atoms with Gasteiger partial charge in [0.05, 0.1) is 6.61 Å². The summed E-state index contributed by atoms with van der Waals surface area (Å²) in [6.07, 6.45) is 1.30. The minimum atomic E-state index is -1.25. The van der Waals surface area contributed by atoms with Crippen LogP contribution in [-0.4, -0.2) is 24.9 Å². The summed E-state index contributed by atoms with van der Waals surface area (Å²) in [5.74, 6) is -0.729. The minimum absolute atomic E-state index is 0.230. The second kappa shape index (κ2) is 4.03. The van der Waals surface area contributed by atoms with Gasteiger partial charge in [0.1, 0.15) is 0 Å². The summed E-state index contributed by atoms with van der Waals surface area (Å²) >= 11 is 0. The highest BCUT2D eigenvalue weighted by molar-refractivity contribution is 5.91. The number of carbonyl (C=O) groups excluding carboxylic acids is 2. The van der Waals surface area contributed by atoms with Crippen LogP contribution in [0.25, 0.3) is 0 Å². The van der Waals surface area contributed by atoms with Crippen LogP contribution in [-0.2, 0) is 14.3 Å². The molecule has 0 aromatic carbocycles. The van der Waals surface area contributed by atoms with Crippen LogP contribution in [0.5, 0.6) is 0 Å². The van der Waals surface area contributed by atoms with E-state index in [0.29, 0.717) is 0 Å². The quantitative estimate of drug-likeness (QED) is 0.392. The molecule has 1 radical (unpaired) electrons. The number of carbonyl (C=O) groups is 1. The largest absolute Gasteiger partial charge is 0.464 e. The van der Waals surface area contributed by atoms with Crippen molar-refractivity contribution in [2.45, 2.75) is 13.0 Å². The van der Waals surface area contributed by atoms with Crippen LogP contribution in [0.2, 0.25) is 0 Å². The molecule has 0 aliphatic rings. The van der Waals surface area contributed by atoms with Gasteiger partial charge in [-0.05, 0) is 6.92 Å². The first-order valence-corrected chi connectivity index (χ1v) is 2.52. The number of nitrogens with two attached hydrogens (primary N) is 1. The first-order chi connectivity index (χ1) is 4.22. The first-order valence-electron chi connectivity index (χ1n) is 2.52. The summed E-state index contributed by atoms with van der Waals surface area (Å²) in [5, 5.41) is 0. The molecule has 0 fully saturated rings. The Bertz CT molecular complexity index is 113. The van der Waals surface area contributed by atoms with Gasteiger partial charge in [0.25, 0.3) is 0 Å². The van der Waals surface area contributed by atoms with Crippen LogP contribution in [0, 0.1) is 0 Å². The Morgan fingerprint density at radius 2 is 2.44 bits per heavy atom. The van der Waals surface area contributed by atoms with Gasteiger partial charge in [0.2, 0.25) is 6.29 Å². The molecule has 0 saturated carbocycles. The number of hydrogen-bond donors (Lipinski definition) is 1. The van der Waals surface area contributed by atoms with Crippen LogP contribution < -0.4 is 5.73 Å². The minimum Gasteiger partial charge on any atom is -0.464 e. The monoisotopic (exact) mass is 130 g/mol. The second-order valence-electron chi connectivity index (χ2n) is 1.35. The number of esters is 1. The van der Waals surface area contributed by atoms with Crippen molar-refractivity contribution in [2.75, 3.05) is 6.61 Å². The van der Waals surface area contributed by atoms with Gasteiger partial charge in [-0.2, -0.15) is 0 Å². The summed E-state index contributed by atoms with van der Waals surface area (Å²) in [7, 11) is 0. The van der Waals surface area contributed by atoms with Gasteiger partial charge in [-0.25, -0.2) is 4.79 Å². The molecule has 0 bridgehead atoms. The third-order valence-electron chi connectivity index (χ3n) is 0.667. The second-order valence-corrected chi connectivity index (χ2v) is 1.35. The molecule has 1 atom stereocenters. The van der Waals surface area contributed by atoms with Crippen molar-refractivity contribution < 1.29 is 14.3 Å². The van der Waals surface area contributed by atoms with Crippen LogP contribution in [0.15, 0.2) is 0 Å². The van der Waals surface area contributed by atoms with Gasteiger partial charge in [0.15, 0.2) is 6.04 Å². The van der Waals surface area contributed by atoms with E-state index in [2.05, 4.69) is 4.74 Å². The lowest BCUT2D eigenvalue weighted by molar-refractivity contribution is -0.142. The zero-order valence-corrected chi connectivity index (χ0v) is 5.09. The van der Waals surface area contributed by atoms with Crippen molar-refractivity contribution in [2.24, 2.45) is 5.73 Å². The number of rotatable bonds is 3. The van der Waals surface area contributed by atoms with Crippen molar-refractivity contribution in [1.29, 1.82) is 0 Å². The summed E-state index contributed by atoms with van der Waals surface area (Å²) in [6, 6.07) is -1.25. The SMILES string of the molecule is CCOC(=O)C(N)[C]=O. The topological polar surface area (TPSA) is 69.4 Å². The van der Waals surface area contributed by atoms with E-state index in [-0.39, 0.29) is 6.61 Å². The number of ether oxygens (including phenoxy) is 1. The molecule has 2 N–H and O–H groups in total. The molecule has 0 aliphatic carbocycles. The normalized spacial score (nSPS) is 12.2. The highest BCUT2D eigenvalue weighted by atomic mass is 16.5. The molecule has 0 heterocycles. The van der Waals surface area contributed by atoms with Crippen molar-refractivity contribution in [3.8, 4) is 0 Å². The molecule has 51 valence electrons.